The average molecular weight is 232 g/mol. The Hall–Kier alpha value is -0.900. The van der Waals surface area contributed by atoms with Crippen LogP contribution in [0.2, 0.25) is 0 Å². The van der Waals surface area contributed by atoms with Crippen molar-refractivity contribution in [1.82, 2.24) is 5.32 Å². The first-order valence-electron chi connectivity index (χ1n) is 6.39. The molecular weight excluding hydrogens is 212 g/mol. The zero-order valence-electron chi connectivity index (χ0n) is 10.1. The second-order valence-corrected chi connectivity index (χ2v) is 5.57. The van der Waals surface area contributed by atoms with E-state index >= 15 is 0 Å². The molecule has 1 aliphatic carbocycles. The number of rotatable bonds is 2. The van der Waals surface area contributed by atoms with Crippen LogP contribution >= 0.6 is 0 Å². The number of hydrogen-bond acceptors (Lipinski definition) is 3. The van der Waals surface area contributed by atoms with Crippen LogP contribution in [0.25, 0.3) is 0 Å². The van der Waals surface area contributed by atoms with Gasteiger partial charge in [0.15, 0.2) is 0 Å². The molecule has 1 saturated heterocycles. The zero-order valence-corrected chi connectivity index (χ0v) is 10.1. The van der Waals surface area contributed by atoms with E-state index in [9.17, 15) is 5.11 Å². The maximum absolute atomic E-state index is 10.9. The van der Waals surface area contributed by atoms with E-state index in [-0.39, 0.29) is 5.41 Å². The van der Waals surface area contributed by atoms with Gasteiger partial charge in [0.1, 0.15) is 0 Å². The highest BCUT2D eigenvalue weighted by Crippen LogP contribution is 2.46. The third-order valence-electron chi connectivity index (χ3n) is 4.69. The van der Waals surface area contributed by atoms with Crippen molar-refractivity contribution in [3.05, 3.63) is 35.4 Å². The number of hydrogen-bond donors (Lipinski definition) is 3. The van der Waals surface area contributed by atoms with Gasteiger partial charge in [-0.3, -0.25) is 0 Å². The van der Waals surface area contributed by atoms with Crippen LogP contribution < -0.4 is 11.1 Å². The maximum atomic E-state index is 10.9. The smallest absolute Gasteiger partial charge is 0.0857 e. The van der Waals surface area contributed by atoms with Crippen LogP contribution in [0.4, 0.5) is 0 Å². The predicted octanol–water partition coefficient (Wildman–Crippen LogP) is 0.455. The Balaban J connectivity index is 1.97. The molecule has 0 bridgehead atoms. The van der Waals surface area contributed by atoms with E-state index in [0.717, 1.165) is 25.8 Å². The number of aliphatic hydroxyl groups is 1. The lowest BCUT2D eigenvalue weighted by molar-refractivity contribution is -0.0597. The largest absolute Gasteiger partial charge is 0.388 e. The van der Waals surface area contributed by atoms with E-state index in [2.05, 4.69) is 29.6 Å². The maximum Gasteiger partial charge on any atom is 0.0857 e. The SMILES string of the molecule is NCC1(C2(O)CCNC2)Cc2ccccc2C1. The summed E-state index contributed by atoms with van der Waals surface area (Å²) in [7, 11) is 0. The Morgan fingerprint density at radius 2 is 1.88 bits per heavy atom. The first-order valence-corrected chi connectivity index (χ1v) is 6.39. The molecule has 1 aromatic rings. The van der Waals surface area contributed by atoms with Crippen LogP contribution in [-0.2, 0) is 12.8 Å². The molecule has 3 heteroatoms. The average Bonchev–Trinajstić information content (AvgIpc) is 2.94. The highest BCUT2D eigenvalue weighted by atomic mass is 16.3. The molecule has 92 valence electrons. The Morgan fingerprint density at radius 1 is 1.24 bits per heavy atom. The highest BCUT2D eigenvalue weighted by molar-refractivity contribution is 5.36. The molecule has 2 aliphatic rings. The quantitative estimate of drug-likeness (QED) is 0.694. The molecule has 1 fully saturated rings. The van der Waals surface area contributed by atoms with Gasteiger partial charge < -0.3 is 16.2 Å². The van der Waals surface area contributed by atoms with E-state index in [4.69, 9.17) is 5.73 Å². The van der Waals surface area contributed by atoms with E-state index in [1.807, 2.05) is 0 Å². The Morgan fingerprint density at radius 3 is 2.35 bits per heavy atom. The van der Waals surface area contributed by atoms with Crippen molar-refractivity contribution in [1.29, 1.82) is 0 Å². The van der Waals surface area contributed by atoms with Crippen molar-refractivity contribution >= 4 is 0 Å². The van der Waals surface area contributed by atoms with E-state index in [1.54, 1.807) is 0 Å². The zero-order chi connectivity index (χ0) is 11.9. The minimum atomic E-state index is -0.638. The van der Waals surface area contributed by atoms with Crippen molar-refractivity contribution in [2.75, 3.05) is 19.6 Å². The van der Waals surface area contributed by atoms with Gasteiger partial charge in [0.25, 0.3) is 0 Å². The lowest BCUT2D eigenvalue weighted by Gasteiger charge is -2.41. The van der Waals surface area contributed by atoms with Gasteiger partial charge in [0, 0.05) is 18.5 Å². The van der Waals surface area contributed by atoms with Crippen molar-refractivity contribution < 1.29 is 5.11 Å². The van der Waals surface area contributed by atoms with Crippen LogP contribution in [0.1, 0.15) is 17.5 Å². The molecule has 0 saturated carbocycles. The van der Waals surface area contributed by atoms with Gasteiger partial charge in [-0.15, -0.1) is 0 Å². The van der Waals surface area contributed by atoms with E-state index < -0.39 is 5.60 Å². The number of β-amino-alcohol motifs (C(OH)–C–C–N with tert-alkyl or cyclic N) is 1. The molecule has 1 aromatic carbocycles. The minimum Gasteiger partial charge on any atom is -0.388 e. The Bertz CT molecular complexity index is 399. The van der Waals surface area contributed by atoms with E-state index in [1.165, 1.54) is 11.1 Å². The third-order valence-corrected chi connectivity index (χ3v) is 4.69. The molecule has 1 unspecified atom stereocenters. The molecule has 4 N–H and O–H groups in total. The van der Waals surface area contributed by atoms with Crippen LogP contribution in [-0.4, -0.2) is 30.3 Å². The van der Waals surface area contributed by atoms with Crippen LogP contribution in [0.15, 0.2) is 24.3 Å². The molecule has 3 rings (SSSR count). The fourth-order valence-electron chi connectivity index (χ4n) is 3.49. The normalized spacial score (nSPS) is 30.5. The molecule has 17 heavy (non-hydrogen) atoms. The lowest BCUT2D eigenvalue weighted by Crippen LogP contribution is -2.54. The standard InChI is InChI=1S/C14H20N2O/c15-9-13(14(17)5-6-16-10-14)7-11-3-1-2-4-12(11)8-13/h1-4,16-17H,5-10,15H2. The van der Waals surface area contributed by atoms with Gasteiger partial charge in [0.05, 0.1) is 5.60 Å². The molecule has 0 radical (unpaired) electrons. The highest BCUT2D eigenvalue weighted by Gasteiger charge is 2.53. The van der Waals surface area contributed by atoms with Crippen molar-refractivity contribution in [2.24, 2.45) is 11.1 Å². The topological polar surface area (TPSA) is 58.3 Å². The summed E-state index contributed by atoms with van der Waals surface area (Å²) in [5.41, 5.74) is 7.94. The fraction of sp³-hybridized carbons (Fsp3) is 0.571. The summed E-state index contributed by atoms with van der Waals surface area (Å²) in [5.74, 6) is 0. The molecule has 3 nitrogen and oxygen atoms in total. The monoisotopic (exact) mass is 232 g/mol. The molecular formula is C14H20N2O. The van der Waals surface area contributed by atoms with Crippen molar-refractivity contribution in [3.8, 4) is 0 Å². The summed E-state index contributed by atoms with van der Waals surface area (Å²) in [4.78, 5) is 0. The second-order valence-electron chi connectivity index (χ2n) is 5.57. The number of fused-ring (bicyclic) bond motifs is 1. The summed E-state index contributed by atoms with van der Waals surface area (Å²) < 4.78 is 0. The minimum absolute atomic E-state index is 0.166. The van der Waals surface area contributed by atoms with Gasteiger partial charge in [0.2, 0.25) is 0 Å². The molecule has 1 atom stereocenters. The summed E-state index contributed by atoms with van der Waals surface area (Å²) in [6.45, 7) is 2.13. The molecule has 1 heterocycles. The summed E-state index contributed by atoms with van der Waals surface area (Å²) in [6.07, 6.45) is 2.65. The van der Waals surface area contributed by atoms with Gasteiger partial charge >= 0.3 is 0 Å². The lowest BCUT2D eigenvalue weighted by atomic mass is 9.69. The first-order chi connectivity index (χ1) is 8.19. The second kappa shape index (κ2) is 3.80. The summed E-state index contributed by atoms with van der Waals surface area (Å²) in [5, 5.41) is 14.1. The van der Waals surface area contributed by atoms with Crippen LogP contribution in [0.5, 0.6) is 0 Å². The Labute approximate surface area is 102 Å². The summed E-state index contributed by atoms with van der Waals surface area (Å²) in [6, 6.07) is 8.47. The third kappa shape index (κ3) is 1.53. The van der Waals surface area contributed by atoms with Crippen molar-refractivity contribution in [2.45, 2.75) is 24.9 Å². The van der Waals surface area contributed by atoms with Gasteiger partial charge in [-0.25, -0.2) is 0 Å². The van der Waals surface area contributed by atoms with Gasteiger partial charge in [-0.2, -0.15) is 0 Å². The van der Waals surface area contributed by atoms with Crippen LogP contribution in [0, 0.1) is 5.41 Å². The van der Waals surface area contributed by atoms with Gasteiger partial charge in [-0.05, 0) is 36.9 Å². The molecule has 0 amide bonds. The summed E-state index contributed by atoms with van der Waals surface area (Å²) >= 11 is 0. The predicted molar refractivity (Wildman–Crippen MR) is 67.8 cm³/mol. The first kappa shape index (κ1) is 11.2. The van der Waals surface area contributed by atoms with Gasteiger partial charge in [-0.1, -0.05) is 24.3 Å². The molecule has 0 spiro atoms. The molecule has 1 aliphatic heterocycles. The van der Waals surface area contributed by atoms with E-state index in [0.29, 0.717) is 13.1 Å². The van der Waals surface area contributed by atoms with Crippen LogP contribution in [0.3, 0.4) is 0 Å². The Kier molecular flexibility index (Phi) is 2.51. The number of benzene rings is 1. The molecule has 0 aromatic heterocycles. The fourth-order valence-corrected chi connectivity index (χ4v) is 3.49. The number of nitrogens with one attached hydrogen (secondary N) is 1. The van der Waals surface area contributed by atoms with Crippen molar-refractivity contribution in [3.63, 3.8) is 0 Å². The number of nitrogens with two attached hydrogens (primary N) is 1.